The highest BCUT2D eigenvalue weighted by molar-refractivity contribution is 5.85. The van der Waals surface area contributed by atoms with Crippen LogP contribution in [0, 0.1) is 0 Å². The Balaban J connectivity index is 1.63. The lowest BCUT2D eigenvalue weighted by Crippen LogP contribution is -2.16. The van der Waals surface area contributed by atoms with Gasteiger partial charge in [0.25, 0.3) is 0 Å². The third-order valence-corrected chi connectivity index (χ3v) is 4.51. The summed E-state index contributed by atoms with van der Waals surface area (Å²) in [6, 6.07) is 23.9. The molecule has 6 heteroatoms. The van der Waals surface area contributed by atoms with Crippen molar-refractivity contribution in [2.75, 3.05) is 0 Å². The molecule has 0 spiro atoms. The Morgan fingerprint density at radius 2 is 1.37 bits per heavy atom. The summed E-state index contributed by atoms with van der Waals surface area (Å²) in [7, 11) is 0. The number of ether oxygens (including phenoxy) is 2. The van der Waals surface area contributed by atoms with Crippen molar-refractivity contribution in [3.05, 3.63) is 90.5 Å². The molecule has 0 saturated heterocycles. The molecule has 3 nitrogen and oxygen atoms in total. The van der Waals surface area contributed by atoms with Gasteiger partial charge in [-0.2, -0.15) is 0 Å². The molecule has 0 heterocycles. The van der Waals surface area contributed by atoms with Crippen LogP contribution in [0.15, 0.2) is 84.9 Å². The van der Waals surface area contributed by atoms with E-state index in [1.54, 1.807) is 18.2 Å². The van der Waals surface area contributed by atoms with E-state index in [2.05, 4.69) is 4.74 Å². The molecule has 0 amide bonds. The number of alkyl halides is 3. The Bertz CT molecular complexity index is 1200. The highest BCUT2D eigenvalue weighted by atomic mass is 19.4. The van der Waals surface area contributed by atoms with Crippen LogP contribution in [-0.4, -0.2) is 12.6 Å². The van der Waals surface area contributed by atoms with E-state index in [4.69, 9.17) is 4.74 Å². The van der Waals surface area contributed by atoms with E-state index < -0.39 is 6.36 Å². The van der Waals surface area contributed by atoms with Gasteiger partial charge in [0.2, 0.25) is 0 Å². The molecule has 0 N–H and O–H groups in total. The van der Waals surface area contributed by atoms with Crippen molar-refractivity contribution in [3.63, 3.8) is 0 Å². The number of halogens is 3. The van der Waals surface area contributed by atoms with Crippen LogP contribution in [0.2, 0.25) is 0 Å². The average Bonchev–Trinajstić information content (AvgIpc) is 2.73. The van der Waals surface area contributed by atoms with Crippen LogP contribution in [0.5, 0.6) is 17.2 Å². The van der Waals surface area contributed by atoms with E-state index in [1.807, 2.05) is 42.5 Å². The fraction of sp³-hybridized carbons (Fsp3) is 0.0417. The van der Waals surface area contributed by atoms with Crippen molar-refractivity contribution < 1.29 is 27.4 Å². The lowest BCUT2D eigenvalue weighted by Gasteiger charge is -2.12. The molecule has 0 radical (unpaired) electrons. The zero-order chi connectivity index (χ0) is 21.1. The number of benzene rings is 4. The lowest BCUT2D eigenvalue weighted by atomic mass is 10.0. The summed E-state index contributed by atoms with van der Waals surface area (Å²) < 4.78 is 46.9. The maximum Gasteiger partial charge on any atom is 0.573 e. The summed E-state index contributed by atoms with van der Waals surface area (Å²) >= 11 is 0. The van der Waals surface area contributed by atoms with Gasteiger partial charge < -0.3 is 9.47 Å². The van der Waals surface area contributed by atoms with Crippen LogP contribution >= 0.6 is 0 Å². The molecular weight excluding hydrogens is 393 g/mol. The second-order valence-corrected chi connectivity index (χ2v) is 6.55. The van der Waals surface area contributed by atoms with Gasteiger partial charge in [-0.3, -0.25) is 4.79 Å². The Hall–Kier alpha value is -3.80. The molecule has 4 rings (SSSR count). The standard InChI is InChI=1S/C24H15F3O3/c25-24(26,27)30-21-10-7-17(8-11-21)19-5-6-20(15-28)23(14-19)29-22-12-9-16-3-1-2-4-18(16)13-22/h1-15H. The normalized spacial score (nSPS) is 11.3. The maximum absolute atomic E-state index is 12.3. The molecule has 0 unspecified atom stereocenters. The number of hydrogen-bond donors (Lipinski definition) is 0. The molecule has 4 aromatic rings. The third kappa shape index (κ3) is 4.43. The number of carbonyl (C=O) groups excluding carboxylic acids is 1. The van der Waals surface area contributed by atoms with Gasteiger partial charge in [-0.25, -0.2) is 0 Å². The van der Waals surface area contributed by atoms with Gasteiger partial charge in [0.05, 0.1) is 5.56 Å². The molecule has 4 aromatic carbocycles. The summed E-state index contributed by atoms with van der Waals surface area (Å²) in [5.74, 6) is 0.625. The van der Waals surface area contributed by atoms with Crippen molar-refractivity contribution in [2.45, 2.75) is 6.36 Å². The molecule has 30 heavy (non-hydrogen) atoms. The third-order valence-electron chi connectivity index (χ3n) is 4.51. The number of rotatable bonds is 5. The molecule has 0 aromatic heterocycles. The Morgan fingerprint density at radius 1 is 0.700 bits per heavy atom. The van der Waals surface area contributed by atoms with Gasteiger partial charge in [0, 0.05) is 0 Å². The summed E-state index contributed by atoms with van der Waals surface area (Å²) in [6.07, 6.45) is -4.05. The van der Waals surface area contributed by atoms with Gasteiger partial charge >= 0.3 is 6.36 Å². The quantitative estimate of drug-likeness (QED) is 0.333. The number of fused-ring (bicyclic) bond motifs is 1. The molecule has 0 aliphatic heterocycles. The van der Waals surface area contributed by atoms with E-state index >= 15 is 0 Å². The maximum atomic E-state index is 12.3. The van der Waals surface area contributed by atoms with Crippen molar-refractivity contribution in [3.8, 4) is 28.4 Å². The van der Waals surface area contributed by atoms with Crippen LogP contribution in [-0.2, 0) is 0 Å². The largest absolute Gasteiger partial charge is 0.573 e. The molecule has 0 aliphatic rings. The summed E-state index contributed by atoms with van der Waals surface area (Å²) in [6.45, 7) is 0. The fourth-order valence-electron chi connectivity index (χ4n) is 3.11. The minimum Gasteiger partial charge on any atom is -0.457 e. The van der Waals surface area contributed by atoms with E-state index in [0.717, 1.165) is 10.8 Å². The summed E-state index contributed by atoms with van der Waals surface area (Å²) in [5, 5.41) is 2.06. The van der Waals surface area contributed by atoms with Gasteiger partial charge in [-0.1, -0.05) is 48.5 Å². The Kier molecular flexibility index (Phi) is 5.14. The molecule has 0 atom stereocenters. The van der Waals surface area contributed by atoms with Crippen LogP contribution in [0.3, 0.4) is 0 Å². The molecule has 0 fully saturated rings. The van der Waals surface area contributed by atoms with Crippen LogP contribution in [0.1, 0.15) is 10.4 Å². The first-order chi connectivity index (χ1) is 14.4. The smallest absolute Gasteiger partial charge is 0.457 e. The molecule has 150 valence electrons. The van der Waals surface area contributed by atoms with Crippen molar-refractivity contribution in [1.29, 1.82) is 0 Å². The van der Waals surface area contributed by atoms with Crippen molar-refractivity contribution >= 4 is 17.1 Å². The van der Waals surface area contributed by atoms with Crippen LogP contribution < -0.4 is 9.47 Å². The second kappa shape index (κ2) is 7.91. The first-order valence-electron chi connectivity index (χ1n) is 9.03. The minimum atomic E-state index is -4.74. The SMILES string of the molecule is O=Cc1ccc(-c2ccc(OC(F)(F)F)cc2)cc1Oc1ccc2ccccc2c1. The number of hydrogen-bond acceptors (Lipinski definition) is 3. The molecule has 0 bridgehead atoms. The summed E-state index contributed by atoms with van der Waals surface area (Å²) in [4.78, 5) is 11.5. The van der Waals surface area contributed by atoms with Gasteiger partial charge in [0.15, 0.2) is 6.29 Å². The average molecular weight is 408 g/mol. The predicted octanol–water partition coefficient (Wildman–Crippen LogP) is 7.01. The topological polar surface area (TPSA) is 35.5 Å². The van der Waals surface area contributed by atoms with Crippen molar-refractivity contribution in [1.82, 2.24) is 0 Å². The monoisotopic (exact) mass is 408 g/mol. The van der Waals surface area contributed by atoms with E-state index in [-0.39, 0.29) is 5.75 Å². The number of carbonyl (C=O) groups is 1. The first kappa shape index (κ1) is 19.5. The Labute approximate surface area is 170 Å². The minimum absolute atomic E-state index is 0.302. The number of aldehydes is 1. The molecule has 0 saturated carbocycles. The lowest BCUT2D eigenvalue weighted by molar-refractivity contribution is -0.274. The van der Waals surface area contributed by atoms with Gasteiger partial charge in [-0.15, -0.1) is 13.2 Å². The van der Waals surface area contributed by atoms with E-state index in [0.29, 0.717) is 34.5 Å². The highest BCUT2D eigenvalue weighted by Crippen LogP contribution is 2.33. The zero-order valence-corrected chi connectivity index (χ0v) is 15.5. The van der Waals surface area contributed by atoms with E-state index in [1.165, 1.54) is 24.3 Å². The van der Waals surface area contributed by atoms with Gasteiger partial charge in [0.1, 0.15) is 17.2 Å². The summed E-state index contributed by atoms with van der Waals surface area (Å²) in [5.41, 5.74) is 1.71. The predicted molar refractivity (Wildman–Crippen MR) is 108 cm³/mol. The Morgan fingerprint density at radius 3 is 2.07 bits per heavy atom. The molecule has 0 aliphatic carbocycles. The van der Waals surface area contributed by atoms with E-state index in [9.17, 15) is 18.0 Å². The fourth-order valence-corrected chi connectivity index (χ4v) is 3.11. The highest BCUT2D eigenvalue weighted by Gasteiger charge is 2.30. The first-order valence-corrected chi connectivity index (χ1v) is 9.03. The van der Waals surface area contributed by atoms with Crippen LogP contribution in [0.25, 0.3) is 21.9 Å². The molecular formula is C24H15F3O3. The zero-order valence-electron chi connectivity index (χ0n) is 15.5. The van der Waals surface area contributed by atoms with Gasteiger partial charge in [-0.05, 0) is 58.3 Å². The van der Waals surface area contributed by atoms with Crippen molar-refractivity contribution in [2.24, 2.45) is 0 Å². The second-order valence-electron chi connectivity index (χ2n) is 6.55. The van der Waals surface area contributed by atoms with Crippen LogP contribution in [0.4, 0.5) is 13.2 Å².